The number of carbonyl (C=O) groups excluding carboxylic acids is 2. The zero-order chi connectivity index (χ0) is 19.5. The third kappa shape index (κ3) is 3.92. The molecule has 1 aromatic carbocycles. The van der Waals surface area contributed by atoms with Gasteiger partial charge in [0.05, 0.1) is 5.56 Å². The van der Waals surface area contributed by atoms with Gasteiger partial charge in [0.25, 0.3) is 5.91 Å². The van der Waals surface area contributed by atoms with Crippen molar-refractivity contribution in [2.45, 2.75) is 31.3 Å². The second-order valence-corrected chi connectivity index (χ2v) is 7.87. The maximum absolute atomic E-state index is 13.3. The summed E-state index contributed by atoms with van der Waals surface area (Å²) in [7, 11) is 0. The molecule has 1 aliphatic heterocycles. The SMILES string of the molecule is NC1CCC2CN(C(=O)C(Cc3ccccc3)NC(=O)c3cccnc3)CC12. The van der Waals surface area contributed by atoms with Crippen LogP contribution in [0.5, 0.6) is 0 Å². The quantitative estimate of drug-likeness (QED) is 0.828. The summed E-state index contributed by atoms with van der Waals surface area (Å²) in [4.78, 5) is 31.9. The molecule has 2 fully saturated rings. The molecule has 0 bridgehead atoms. The number of benzene rings is 1. The predicted molar refractivity (Wildman–Crippen MR) is 106 cm³/mol. The zero-order valence-electron chi connectivity index (χ0n) is 15.8. The summed E-state index contributed by atoms with van der Waals surface area (Å²) in [6.45, 7) is 1.43. The maximum Gasteiger partial charge on any atom is 0.253 e. The number of carbonyl (C=O) groups is 2. The second kappa shape index (κ2) is 8.10. The van der Waals surface area contributed by atoms with Crippen molar-refractivity contribution in [3.63, 3.8) is 0 Å². The summed E-state index contributed by atoms with van der Waals surface area (Å²) in [5.41, 5.74) is 7.69. The number of rotatable bonds is 5. The average Bonchev–Trinajstić information content (AvgIpc) is 3.30. The lowest BCUT2D eigenvalue weighted by Gasteiger charge is -2.25. The molecule has 0 spiro atoms. The first-order valence-electron chi connectivity index (χ1n) is 9.91. The van der Waals surface area contributed by atoms with Crippen molar-refractivity contribution in [3.05, 3.63) is 66.0 Å². The highest BCUT2D eigenvalue weighted by Gasteiger charge is 2.43. The molecule has 2 aliphatic rings. The molecule has 4 unspecified atom stereocenters. The van der Waals surface area contributed by atoms with Gasteiger partial charge < -0.3 is 16.0 Å². The molecule has 6 heteroatoms. The number of nitrogens with one attached hydrogen (secondary N) is 1. The van der Waals surface area contributed by atoms with Crippen LogP contribution in [-0.2, 0) is 11.2 Å². The number of hydrogen-bond acceptors (Lipinski definition) is 4. The van der Waals surface area contributed by atoms with Crippen LogP contribution in [0.1, 0.15) is 28.8 Å². The first kappa shape index (κ1) is 18.6. The Kier molecular flexibility index (Phi) is 5.39. The van der Waals surface area contributed by atoms with E-state index in [1.165, 1.54) is 6.20 Å². The van der Waals surface area contributed by atoms with Crippen LogP contribution in [0.25, 0.3) is 0 Å². The standard InChI is InChI=1S/C22H26N4O2/c23-19-9-8-17-13-26(14-18(17)19)22(28)20(11-15-5-2-1-3-6-15)25-21(27)16-7-4-10-24-12-16/h1-7,10,12,17-20H,8-9,11,13-14,23H2,(H,25,27). The third-order valence-corrected chi connectivity index (χ3v) is 6.03. The molecular weight excluding hydrogens is 352 g/mol. The predicted octanol–water partition coefficient (Wildman–Crippen LogP) is 1.62. The molecule has 4 rings (SSSR count). The summed E-state index contributed by atoms with van der Waals surface area (Å²) in [6, 6.07) is 12.8. The minimum absolute atomic E-state index is 0.0253. The number of nitrogens with two attached hydrogens (primary N) is 1. The molecule has 1 saturated carbocycles. The van der Waals surface area contributed by atoms with Crippen molar-refractivity contribution >= 4 is 11.8 Å². The lowest BCUT2D eigenvalue weighted by atomic mass is 9.98. The van der Waals surface area contributed by atoms with Gasteiger partial charge in [-0.1, -0.05) is 30.3 Å². The van der Waals surface area contributed by atoms with Crippen molar-refractivity contribution in [1.82, 2.24) is 15.2 Å². The molecular formula is C22H26N4O2. The van der Waals surface area contributed by atoms with Gasteiger partial charge in [-0.15, -0.1) is 0 Å². The van der Waals surface area contributed by atoms with E-state index < -0.39 is 6.04 Å². The molecule has 1 aromatic heterocycles. The maximum atomic E-state index is 13.3. The Bertz CT molecular complexity index is 827. The Balaban J connectivity index is 1.51. The van der Waals surface area contributed by atoms with Crippen molar-refractivity contribution < 1.29 is 9.59 Å². The van der Waals surface area contributed by atoms with Gasteiger partial charge in [0.1, 0.15) is 6.04 Å². The number of aromatic nitrogens is 1. The van der Waals surface area contributed by atoms with E-state index in [-0.39, 0.29) is 17.9 Å². The minimum Gasteiger partial charge on any atom is -0.340 e. The molecule has 146 valence electrons. The van der Waals surface area contributed by atoms with Crippen LogP contribution in [0.15, 0.2) is 54.9 Å². The van der Waals surface area contributed by atoms with Crippen LogP contribution >= 0.6 is 0 Å². The van der Waals surface area contributed by atoms with Gasteiger partial charge in [-0.3, -0.25) is 14.6 Å². The smallest absolute Gasteiger partial charge is 0.253 e. The van der Waals surface area contributed by atoms with Gasteiger partial charge in [-0.25, -0.2) is 0 Å². The van der Waals surface area contributed by atoms with E-state index in [0.29, 0.717) is 30.4 Å². The van der Waals surface area contributed by atoms with Gasteiger partial charge in [-0.05, 0) is 42.4 Å². The molecule has 2 aromatic rings. The first-order chi connectivity index (χ1) is 13.6. The Morgan fingerprint density at radius 1 is 1.14 bits per heavy atom. The van der Waals surface area contributed by atoms with Crippen LogP contribution < -0.4 is 11.1 Å². The number of likely N-dealkylation sites (tertiary alicyclic amines) is 1. The fourth-order valence-corrected chi connectivity index (χ4v) is 4.50. The fourth-order valence-electron chi connectivity index (χ4n) is 4.50. The van der Waals surface area contributed by atoms with Gasteiger partial charge >= 0.3 is 0 Å². The highest BCUT2D eigenvalue weighted by atomic mass is 16.2. The van der Waals surface area contributed by atoms with E-state index >= 15 is 0 Å². The molecule has 0 radical (unpaired) electrons. The Morgan fingerprint density at radius 3 is 2.68 bits per heavy atom. The number of fused-ring (bicyclic) bond motifs is 1. The van der Waals surface area contributed by atoms with Gasteiger partial charge in [-0.2, -0.15) is 0 Å². The Morgan fingerprint density at radius 2 is 1.96 bits per heavy atom. The Hall–Kier alpha value is -2.73. The van der Waals surface area contributed by atoms with Crippen molar-refractivity contribution in [1.29, 1.82) is 0 Å². The summed E-state index contributed by atoms with van der Waals surface area (Å²) in [6.07, 6.45) is 5.72. The fraction of sp³-hybridized carbons (Fsp3) is 0.409. The minimum atomic E-state index is -0.606. The highest BCUT2D eigenvalue weighted by molar-refractivity contribution is 5.97. The van der Waals surface area contributed by atoms with E-state index in [9.17, 15) is 9.59 Å². The molecule has 2 amide bonds. The highest BCUT2D eigenvalue weighted by Crippen LogP contribution is 2.37. The van der Waals surface area contributed by atoms with Crippen LogP contribution in [0, 0.1) is 11.8 Å². The number of amides is 2. The molecule has 3 N–H and O–H groups in total. The van der Waals surface area contributed by atoms with E-state index in [0.717, 1.165) is 24.9 Å². The van der Waals surface area contributed by atoms with Gasteiger partial charge in [0.15, 0.2) is 0 Å². The first-order valence-corrected chi connectivity index (χ1v) is 9.91. The summed E-state index contributed by atoms with van der Waals surface area (Å²) < 4.78 is 0. The number of hydrogen-bond donors (Lipinski definition) is 2. The largest absolute Gasteiger partial charge is 0.340 e. The lowest BCUT2D eigenvalue weighted by molar-refractivity contribution is -0.132. The van der Waals surface area contributed by atoms with Crippen LogP contribution in [0.4, 0.5) is 0 Å². The van der Waals surface area contributed by atoms with Crippen LogP contribution in [0.3, 0.4) is 0 Å². The molecule has 1 saturated heterocycles. The number of pyridine rings is 1. The van der Waals surface area contributed by atoms with E-state index in [1.54, 1.807) is 18.3 Å². The summed E-state index contributed by atoms with van der Waals surface area (Å²) in [5, 5.41) is 2.93. The van der Waals surface area contributed by atoms with Crippen molar-refractivity contribution in [2.24, 2.45) is 17.6 Å². The van der Waals surface area contributed by atoms with Crippen molar-refractivity contribution in [3.8, 4) is 0 Å². The monoisotopic (exact) mass is 378 g/mol. The van der Waals surface area contributed by atoms with Crippen molar-refractivity contribution in [2.75, 3.05) is 13.1 Å². The third-order valence-electron chi connectivity index (χ3n) is 6.03. The average molecular weight is 378 g/mol. The topological polar surface area (TPSA) is 88.3 Å². The summed E-state index contributed by atoms with van der Waals surface area (Å²) >= 11 is 0. The zero-order valence-corrected chi connectivity index (χ0v) is 15.8. The molecule has 4 atom stereocenters. The lowest BCUT2D eigenvalue weighted by Crippen LogP contribution is -2.49. The van der Waals surface area contributed by atoms with E-state index in [2.05, 4.69) is 10.3 Å². The van der Waals surface area contributed by atoms with Crippen LogP contribution in [0.2, 0.25) is 0 Å². The molecule has 1 aliphatic carbocycles. The molecule has 28 heavy (non-hydrogen) atoms. The van der Waals surface area contributed by atoms with Gasteiger partial charge in [0.2, 0.25) is 5.91 Å². The van der Waals surface area contributed by atoms with Gasteiger partial charge in [0, 0.05) is 37.9 Å². The second-order valence-electron chi connectivity index (χ2n) is 7.87. The summed E-state index contributed by atoms with van der Waals surface area (Å²) in [5.74, 6) is 0.571. The Labute approximate surface area is 165 Å². The molecule has 2 heterocycles. The van der Waals surface area contributed by atoms with Crippen LogP contribution in [-0.4, -0.2) is 46.9 Å². The normalized spacial score (nSPS) is 24.6. The molecule has 6 nitrogen and oxygen atoms in total. The van der Waals surface area contributed by atoms with E-state index in [1.807, 2.05) is 35.2 Å². The number of nitrogens with zero attached hydrogens (tertiary/aromatic N) is 2. The van der Waals surface area contributed by atoms with E-state index in [4.69, 9.17) is 5.73 Å².